The summed E-state index contributed by atoms with van der Waals surface area (Å²) in [6.07, 6.45) is 0. The average Bonchev–Trinajstić information content (AvgIpc) is 2.01. The van der Waals surface area contributed by atoms with E-state index in [0.717, 1.165) is 11.3 Å². The smallest absolute Gasteiger partial charge is 0.242 e. The maximum absolute atomic E-state index is 11.3. The minimum atomic E-state index is -0.516. The van der Waals surface area contributed by atoms with Crippen molar-refractivity contribution in [2.45, 2.75) is 26.8 Å². The van der Waals surface area contributed by atoms with Crippen LogP contribution < -0.4 is 11.1 Å². The second-order valence-corrected chi connectivity index (χ2v) is 3.45. The monoisotopic (exact) mass is 193 g/mol. The fraction of sp³-hybridized carbons (Fsp3) is 0.400. The number of aromatic nitrogens is 1. The van der Waals surface area contributed by atoms with Gasteiger partial charge in [0.25, 0.3) is 0 Å². The Morgan fingerprint density at radius 3 is 2.64 bits per heavy atom. The Balaban J connectivity index is 2.82. The van der Waals surface area contributed by atoms with E-state index in [9.17, 15) is 4.79 Å². The highest BCUT2D eigenvalue weighted by molar-refractivity contribution is 5.93. The number of pyridine rings is 1. The van der Waals surface area contributed by atoms with Crippen LogP contribution in [0.1, 0.15) is 18.2 Å². The predicted octanol–water partition coefficient (Wildman–Crippen LogP) is 0.984. The topological polar surface area (TPSA) is 68.0 Å². The number of anilines is 1. The molecule has 0 bridgehead atoms. The van der Waals surface area contributed by atoms with Crippen LogP contribution in [0.4, 0.5) is 5.82 Å². The Hall–Kier alpha value is -1.42. The van der Waals surface area contributed by atoms with E-state index in [1.807, 2.05) is 26.0 Å². The zero-order valence-electron chi connectivity index (χ0n) is 8.66. The van der Waals surface area contributed by atoms with E-state index < -0.39 is 6.04 Å². The van der Waals surface area contributed by atoms with E-state index in [1.165, 1.54) is 0 Å². The lowest BCUT2D eigenvalue weighted by Crippen LogP contribution is -2.32. The summed E-state index contributed by atoms with van der Waals surface area (Å²) in [5.74, 6) is 0.340. The highest BCUT2D eigenvalue weighted by Gasteiger charge is 2.08. The van der Waals surface area contributed by atoms with Crippen molar-refractivity contribution in [3.63, 3.8) is 0 Å². The van der Waals surface area contributed by atoms with Crippen LogP contribution in [-0.2, 0) is 4.79 Å². The molecule has 14 heavy (non-hydrogen) atoms. The van der Waals surface area contributed by atoms with Crippen LogP contribution in [-0.4, -0.2) is 16.9 Å². The SMILES string of the molecule is Cc1cc(C)nc(NC(=O)C(C)N)c1. The van der Waals surface area contributed by atoms with E-state index >= 15 is 0 Å². The van der Waals surface area contributed by atoms with Crippen LogP contribution in [0, 0.1) is 13.8 Å². The summed E-state index contributed by atoms with van der Waals surface area (Å²) in [5.41, 5.74) is 7.37. The Morgan fingerprint density at radius 2 is 2.14 bits per heavy atom. The number of nitrogens with zero attached hydrogens (tertiary/aromatic N) is 1. The lowest BCUT2D eigenvalue weighted by molar-refractivity contribution is -0.117. The van der Waals surface area contributed by atoms with Gasteiger partial charge >= 0.3 is 0 Å². The van der Waals surface area contributed by atoms with Gasteiger partial charge in [-0.3, -0.25) is 4.79 Å². The number of aryl methyl sites for hydroxylation is 2. The molecule has 76 valence electrons. The molecule has 1 amide bonds. The zero-order chi connectivity index (χ0) is 10.7. The lowest BCUT2D eigenvalue weighted by atomic mass is 10.2. The minimum Gasteiger partial charge on any atom is -0.320 e. The fourth-order valence-corrected chi connectivity index (χ4v) is 1.15. The molecule has 1 atom stereocenters. The maximum atomic E-state index is 11.3. The Kier molecular flexibility index (Phi) is 3.19. The van der Waals surface area contributed by atoms with Gasteiger partial charge in [0.05, 0.1) is 6.04 Å². The Labute approximate surface area is 83.5 Å². The molecular weight excluding hydrogens is 178 g/mol. The Bertz CT molecular complexity index is 327. The highest BCUT2D eigenvalue weighted by Crippen LogP contribution is 2.08. The molecule has 0 fully saturated rings. The zero-order valence-corrected chi connectivity index (χ0v) is 8.66. The van der Waals surface area contributed by atoms with Crippen molar-refractivity contribution in [3.8, 4) is 0 Å². The molecule has 0 aliphatic carbocycles. The van der Waals surface area contributed by atoms with Gasteiger partial charge in [0.2, 0.25) is 5.91 Å². The third-order valence-corrected chi connectivity index (χ3v) is 1.76. The summed E-state index contributed by atoms with van der Waals surface area (Å²) in [7, 11) is 0. The molecule has 0 saturated heterocycles. The van der Waals surface area contributed by atoms with Gasteiger partial charge in [0.1, 0.15) is 5.82 Å². The summed E-state index contributed by atoms with van der Waals surface area (Å²) < 4.78 is 0. The van der Waals surface area contributed by atoms with Gasteiger partial charge < -0.3 is 11.1 Å². The third kappa shape index (κ3) is 2.81. The summed E-state index contributed by atoms with van der Waals surface area (Å²) in [4.78, 5) is 15.4. The van der Waals surface area contributed by atoms with E-state index in [-0.39, 0.29) is 5.91 Å². The molecule has 0 spiro atoms. The van der Waals surface area contributed by atoms with Gasteiger partial charge in [0, 0.05) is 5.69 Å². The van der Waals surface area contributed by atoms with Crippen molar-refractivity contribution in [1.29, 1.82) is 0 Å². The number of rotatable bonds is 2. The molecule has 0 aromatic carbocycles. The number of nitrogens with one attached hydrogen (secondary N) is 1. The molecule has 4 nitrogen and oxygen atoms in total. The van der Waals surface area contributed by atoms with Gasteiger partial charge in [-0.05, 0) is 38.5 Å². The third-order valence-electron chi connectivity index (χ3n) is 1.76. The van der Waals surface area contributed by atoms with Gasteiger partial charge in [-0.1, -0.05) is 0 Å². The van der Waals surface area contributed by atoms with Crippen LogP contribution in [0.25, 0.3) is 0 Å². The molecule has 0 aliphatic heterocycles. The number of hydrogen-bond donors (Lipinski definition) is 2. The number of hydrogen-bond acceptors (Lipinski definition) is 3. The molecule has 3 N–H and O–H groups in total. The van der Waals surface area contributed by atoms with Gasteiger partial charge in [-0.25, -0.2) is 4.98 Å². The van der Waals surface area contributed by atoms with Crippen molar-refractivity contribution < 1.29 is 4.79 Å². The average molecular weight is 193 g/mol. The largest absolute Gasteiger partial charge is 0.320 e. The summed E-state index contributed by atoms with van der Waals surface area (Å²) in [6.45, 7) is 5.47. The number of carbonyl (C=O) groups is 1. The molecule has 0 radical (unpaired) electrons. The minimum absolute atomic E-state index is 0.220. The second kappa shape index (κ2) is 4.19. The van der Waals surface area contributed by atoms with Crippen LogP contribution >= 0.6 is 0 Å². The van der Waals surface area contributed by atoms with Gasteiger partial charge in [-0.15, -0.1) is 0 Å². The Morgan fingerprint density at radius 1 is 1.50 bits per heavy atom. The first-order chi connectivity index (χ1) is 6.49. The van der Waals surface area contributed by atoms with Crippen molar-refractivity contribution in [2.24, 2.45) is 5.73 Å². The van der Waals surface area contributed by atoms with Crippen LogP contribution in [0.5, 0.6) is 0 Å². The highest BCUT2D eigenvalue weighted by atomic mass is 16.2. The van der Waals surface area contributed by atoms with Gasteiger partial charge in [0.15, 0.2) is 0 Å². The van der Waals surface area contributed by atoms with E-state index in [0.29, 0.717) is 5.82 Å². The van der Waals surface area contributed by atoms with Crippen molar-refractivity contribution in [2.75, 3.05) is 5.32 Å². The van der Waals surface area contributed by atoms with Gasteiger partial charge in [-0.2, -0.15) is 0 Å². The first-order valence-corrected chi connectivity index (χ1v) is 4.51. The molecule has 4 heteroatoms. The summed E-state index contributed by atoms with van der Waals surface area (Å²) >= 11 is 0. The number of nitrogens with two attached hydrogens (primary N) is 1. The molecular formula is C10H15N3O. The van der Waals surface area contributed by atoms with Crippen molar-refractivity contribution >= 4 is 11.7 Å². The van der Waals surface area contributed by atoms with E-state index in [2.05, 4.69) is 10.3 Å². The second-order valence-electron chi connectivity index (χ2n) is 3.45. The molecule has 1 heterocycles. The normalized spacial score (nSPS) is 12.3. The molecule has 1 rings (SSSR count). The maximum Gasteiger partial charge on any atom is 0.242 e. The molecule has 1 aromatic rings. The van der Waals surface area contributed by atoms with Crippen LogP contribution in [0.15, 0.2) is 12.1 Å². The summed E-state index contributed by atoms with van der Waals surface area (Å²) in [6, 6.07) is 3.24. The van der Waals surface area contributed by atoms with Crippen molar-refractivity contribution in [1.82, 2.24) is 4.98 Å². The first kappa shape index (κ1) is 10.7. The van der Waals surface area contributed by atoms with Crippen molar-refractivity contribution in [3.05, 3.63) is 23.4 Å². The number of carbonyl (C=O) groups excluding carboxylic acids is 1. The quantitative estimate of drug-likeness (QED) is 0.735. The fourth-order valence-electron chi connectivity index (χ4n) is 1.15. The summed E-state index contributed by atoms with van der Waals surface area (Å²) in [5, 5.41) is 2.65. The molecule has 0 saturated carbocycles. The molecule has 1 aromatic heterocycles. The van der Waals surface area contributed by atoms with Crippen LogP contribution in [0.2, 0.25) is 0 Å². The number of amides is 1. The van der Waals surface area contributed by atoms with Crippen LogP contribution in [0.3, 0.4) is 0 Å². The first-order valence-electron chi connectivity index (χ1n) is 4.51. The van der Waals surface area contributed by atoms with E-state index in [1.54, 1.807) is 6.92 Å². The lowest BCUT2D eigenvalue weighted by Gasteiger charge is -2.08. The predicted molar refractivity (Wildman–Crippen MR) is 56.0 cm³/mol. The molecule has 0 aliphatic rings. The standard InChI is InChI=1S/C10H15N3O/c1-6-4-7(2)12-9(5-6)13-10(14)8(3)11/h4-5,8H,11H2,1-3H3,(H,12,13,14). The van der Waals surface area contributed by atoms with E-state index in [4.69, 9.17) is 5.73 Å². The molecule has 1 unspecified atom stereocenters.